The Bertz CT molecular complexity index is 671. The number of furan rings is 1. The number of carbonyl (C=O) groups excluding carboxylic acids is 1. The van der Waals surface area contributed by atoms with Crippen LogP contribution in [0.5, 0.6) is 0 Å². The van der Waals surface area contributed by atoms with Crippen LogP contribution < -0.4 is 5.73 Å². The monoisotopic (exact) mass is 366 g/mol. The SMILES string of the molecule is COC(=O)c1c(C)oc(C)c1S(=O)(=O)N1CCCCC1CN.Cl. The molecule has 0 spiro atoms. The minimum atomic E-state index is -3.86. The van der Waals surface area contributed by atoms with Gasteiger partial charge >= 0.3 is 5.97 Å². The molecule has 2 rings (SSSR count). The first-order valence-electron chi connectivity index (χ1n) is 7.24. The largest absolute Gasteiger partial charge is 0.465 e. The summed E-state index contributed by atoms with van der Waals surface area (Å²) in [7, 11) is -2.65. The summed E-state index contributed by atoms with van der Waals surface area (Å²) in [6.45, 7) is 3.74. The van der Waals surface area contributed by atoms with E-state index in [0.717, 1.165) is 19.3 Å². The first-order valence-corrected chi connectivity index (χ1v) is 8.68. The third-order valence-electron chi connectivity index (χ3n) is 4.01. The number of hydrogen-bond donors (Lipinski definition) is 1. The van der Waals surface area contributed by atoms with Crippen molar-refractivity contribution in [3.63, 3.8) is 0 Å². The summed E-state index contributed by atoms with van der Waals surface area (Å²) in [5.41, 5.74) is 5.69. The van der Waals surface area contributed by atoms with Crippen molar-refractivity contribution in [3.05, 3.63) is 17.1 Å². The molecule has 1 aromatic heterocycles. The maximum Gasteiger partial charge on any atom is 0.342 e. The molecule has 1 saturated heterocycles. The van der Waals surface area contributed by atoms with Crippen molar-refractivity contribution in [1.29, 1.82) is 0 Å². The lowest BCUT2D eigenvalue weighted by Crippen LogP contribution is -2.47. The van der Waals surface area contributed by atoms with Crippen molar-refractivity contribution in [2.75, 3.05) is 20.2 Å². The van der Waals surface area contributed by atoms with Crippen LogP contribution in [0.2, 0.25) is 0 Å². The lowest BCUT2D eigenvalue weighted by atomic mass is 10.1. The summed E-state index contributed by atoms with van der Waals surface area (Å²) < 4.78 is 37.5. The highest BCUT2D eigenvalue weighted by molar-refractivity contribution is 7.89. The van der Waals surface area contributed by atoms with E-state index in [4.69, 9.17) is 14.9 Å². The van der Waals surface area contributed by atoms with Gasteiger partial charge in [-0.25, -0.2) is 13.2 Å². The fraction of sp³-hybridized carbons (Fsp3) is 0.643. The Labute approximate surface area is 142 Å². The standard InChI is InChI=1S/C14H22N2O5S.ClH/c1-9-12(14(17)20-3)13(10(2)21-9)22(18,19)16-7-5-4-6-11(16)8-15;/h11H,4-8,15H2,1-3H3;1H. The zero-order chi connectivity index (χ0) is 16.5. The van der Waals surface area contributed by atoms with Gasteiger partial charge in [-0.05, 0) is 26.7 Å². The van der Waals surface area contributed by atoms with Crippen LogP contribution in [0.4, 0.5) is 0 Å². The molecular weight excluding hydrogens is 344 g/mol. The molecular formula is C14H23ClN2O5S. The van der Waals surface area contributed by atoms with Gasteiger partial charge in [0.05, 0.1) is 7.11 Å². The van der Waals surface area contributed by atoms with Crippen molar-refractivity contribution in [3.8, 4) is 0 Å². The summed E-state index contributed by atoms with van der Waals surface area (Å²) in [6.07, 6.45) is 2.44. The van der Waals surface area contributed by atoms with Gasteiger partial charge in [-0.1, -0.05) is 6.42 Å². The van der Waals surface area contributed by atoms with Crippen molar-refractivity contribution in [1.82, 2.24) is 4.31 Å². The Balaban J connectivity index is 0.00000264. The van der Waals surface area contributed by atoms with Crippen LogP contribution in [-0.4, -0.2) is 44.9 Å². The molecule has 0 radical (unpaired) electrons. The lowest BCUT2D eigenvalue weighted by molar-refractivity contribution is 0.0594. The molecule has 0 saturated carbocycles. The summed E-state index contributed by atoms with van der Waals surface area (Å²) in [6, 6.07) is -0.251. The Morgan fingerprint density at radius 3 is 2.57 bits per heavy atom. The number of nitrogens with two attached hydrogens (primary N) is 1. The van der Waals surface area contributed by atoms with Crippen LogP contribution in [0, 0.1) is 13.8 Å². The summed E-state index contributed by atoms with van der Waals surface area (Å²) >= 11 is 0. The molecule has 1 atom stereocenters. The van der Waals surface area contributed by atoms with Crippen LogP contribution >= 0.6 is 12.4 Å². The van der Waals surface area contributed by atoms with Gasteiger partial charge in [0.15, 0.2) is 0 Å². The predicted molar refractivity (Wildman–Crippen MR) is 87.4 cm³/mol. The van der Waals surface area contributed by atoms with Gasteiger partial charge < -0.3 is 14.9 Å². The Hall–Kier alpha value is -1.09. The molecule has 2 N–H and O–H groups in total. The van der Waals surface area contributed by atoms with Gasteiger partial charge in [0.25, 0.3) is 0 Å². The molecule has 132 valence electrons. The highest BCUT2D eigenvalue weighted by atomic mass is 35.5. The van der Waals surface area contributed by atoms with Crippen LogP contribution in [0.1, 0.15) is 41.1 Å². The number of hydrogen-bond acceptors (Lipinski definition) is 6. The second-order valence-corrected chi connectivity index (χ2v) is 7.24. The average molecular weight is 367 g/mol. The molecule has 2 heterocycles. The summed E-state index contributed by atoms with van der Waals surface area (Å²) in [4.78, 5) is 11.9. The Morgan fingerprint density at radius 1 is 1.35 bits per heavy atom. The number of methoxy groups -OCH3 is 1. The van der Waals surface area contributed by atoms with E-state index >= 15 is 0 Å². The molecule has 0 bridgehead atoms. The third-order valence-corrected chi connectivity index (χ3v) is 6.11. The van der Waals surface area contributed by atoms with E-state index in [-0.39, 0.29) is 47.0 Å². The summed E-state index contributed by atoms with van der Waals surface area (Å²) in [5, 5.41) is 0. The molecule has 9 heteroatoms. The molecule has 1 unspecified atom stereocenters. The highest BCUT2D eigenvalue weighted by Crippen LogP contribution is 2.32. The molecule has 1 aromatic rings. The first-order chi connectivity index (χ1) is 10.3. The fourth-order valence-corrected chi connectivity index (χ4v) is 5.03. The minimum absolute atomic E-state index is 0. The van der Waals surface area contributed by atoms with Gasteiger partial charge in [-0.3, -0.25) is 0 Å². The average Bonchev–Trinajstić information content (AvgIpc) is 2.81. The molecule has 1 fully saturated rings. The van der Waals surface area contributed by atoms with Crippen molar-refractivity contribution >= 4 is 28.4 Å². The van der Waals surface area contributed by atoms with Gasteiger partial charge in [-0.2, -0.15) is 4.31 Å². The Kier molecular flexibility index (Phi) is 6.64. The minimum Gasteiger partial charge on any atom is -0.465 e. The van der Waals surface area contributed by atoms with E-state index in [9.17, 15) is 13.2 Å². The number of nitrogens with zero attached hydrogens (tertiary/aromatic N) is 1. The number of halogens is 1. The van der Waals surface area contributed by atoms with E-state index in [1.165, 1.54) is 18.3 Å². The van der Waals surface area contributed by atoms with Crippen molar-refractivity contribution in [2.24, 2.45) is 5.73 Å². The second-order valence-electron chi connectivity index (χ2n) is 5.41. The van der Waals surface area contributed by atoms with Gasteiger partial charge in [0.2, 0.25) is 10.0 Å². The number of sulfonamides is 1. The predicted octanol–water partition coefficient (Wildman–Crippen LogP) is 1.61. The van der Waals surface area contributed by atoms with Crippen LogP contribution in [0.3, 0.4) is 0 Å². The van der Waals surface area contributed by atoms with Gasteiger partial charge in [-0.15, -0.1) is 12.4 Å². The zero-order valence-electron chi connectivity index (χ0n) is 13.5. The summed E-state index contributed by atoms with van der Waals surface area (Å²) in [5.74, 6) is -0.280. The van der Waals surface area contributed by atoms with Crippen LogP contribution in [0.15, 0.2) is 9.31 Å². The number of aryl methyl sites for hydroxylation is 2. The van der Waals surface area contributed by atoms with E-state index in [1.54, 1.807) is 6.92 Å². The van der Waals surface area contributed by atoms with Crippen LogP contribution in [0.25, 0.3) is 0 Å². The molecule has 0 amide bonds. The van der Waals surface area contributed by atoms with Crippen molar-refractivity contribution in [2.45, 2.75) is 44.0 Å². The zero-order valence-corrected chi connectivity index (χ0v) is 15.1. The fourth-order valence-electron chi connectivity index (χ4n) is 2.96. The van der Waals surface area contributed by atoms with E-state index in [2.05, 4.69) is 0 Å². The molecule has 23 heavy (non-hydrogen) atoms. The Morgan fingerprint density at radius 2 is 2.00 bits per heavy atom. The number of esters is 1. The van der Waals surface area contributed by atoms with E-state index < -0.39 is 16.0 Å². The third kappa shape index (κ3) is 3.55. The number of carbonyl (C=O) groups is 1. The molecule has 1 aliphatic heterocycles. The number of ether oxygens (including phenoxy) is 1. The maximum absolute atomic E-state index is 13.0. The smallest absolute Gasteiger partial charge is 0.342 e. The van der Waals surface area contributed by atoms with Crippen LogP contribution in [-0.2, 0) is 14.8 Å². The first kappa shape index (κ1) is 20.0. The second kappa shape index (κ2) is 7.65. The molecule has 1 aliphatic rings. The number of piperidine rings is 1. The topological polar surface area (TPSA) is 103 Å². The number of rotatable bonds is 4. The van der Waals surface area contributed by atoms with E-state index in [0.29, 0.717) is 6.54 Å². The van der Waals surface area contributed by atoms with Gasteiger partial charge in [0, 0.05) is 19.1 Å². The maximum atomic E-state index is 13.0. The normalized spacial score (nSPS) is 19.2. The van der Waals surface area contributed by atoms with E-state index in [1.807, 2.05) is 0 Å². The molecule has 0 aliphatic carbocycles. The lowest BCUT2D eigenvalue weighted by Gasteiger charge is -2.33. The molecule has 0 aromatic carbocycles. The van der Waals surface area contributed by atoms with Gasteiger partial charge in [0.1, 0.15) is 22.0 Å². The highest BCUT2D eigenvalue weighted by Gasteiger charge is 2.39. The van der Waals surface area contributed by atoms with Crippen molar-refractivity contribution < 1.29 is 22.4 Å². The quantitative estimate of drug-likeness (QED) is 0.812. The molecule has 7 nitrogen and oxygen atoms in total.